The summed E-state index contributed by atoms with van der Waals surface area (Å²) >= 11 is 0. The number of pyridine rings is 1. The van der Waals surface area contributed by atoms with Crippen LogP contribution in [0.2, 0.25) is 0 Å². The molecule has 0 saturated carbocycles. The Kier molecular flexibility index (Phi) is 7.57. The maximum atomic E-state index is 15.4. The number of nitrogens with zero attached hydrogens (tertiary/aromatic N) is 4. The van der Waals surface area contributed by atoms with Gasteiger partial charge in [-0.1, -0.05) is 31.2 Å². The molecule has 0 spiro atoms. The molecule has 4 aromatic rings. The fourth-order valence-corrected chi connectivity index (χ4v) is 5.62. The summed E-state index contributed by atoms with van der Waals surface area (Å²) in [6.45, 7) is 2.02. The Morgan fingerprint density at radius 3 is 2.80 bits per heavy atom. The minimum Gasteiger partial charge on any atom is -0.383 e. The number of hydrogen-bond donors (Lipinski definition) is 3. The first kappa shape index (κ1) is 27.3. The predicted octanol–water partition coefficient (Wildman–Crippen LogP) is 4.72. The van der Waals surface area contributed by atoms with E-state index >= 15 is 4.39 Å². The fraction of sp³-hybridized carbons (Fsp3) is 0.276. The van der Waals surface area contributed by atoms with Gasteiger partial charge in [0.2, 0.25) is 10.0 Å². The normalized spacial score (nSPS) is 16.4. The molecule has 2 aromatic carbocycles. The Hall–Kier alpha value is -4.25. The van der Waals surface area contributed by atoms with Gasteiger partial charge in [0.05, 0.1) is 12.2 Å². The highest BCUT2D eigenvalue weighted by Crippen LogP contribution is 2.33. The topological polar surface area (TPSA) is 128 Å². The third kappa shape index (κ3) is 5.84. The highest BCUT2D eigenvalue weighted by molar-refractivity contribution is 7.88. The second-order valence-corrected chi connectivity index (χ2v) is 11.7. The van der Waals surface area contributed by atoms with E-state index in [0.29, 0.717) is 35.1 Å². The van der Waals surface area contributed by atoms with Crippen LogP contribution in [0.15, 0.2) is 72.6 Å². The van der Waals surface area contributed by atoms with E-state index in [2.05, 4.69) is 15.0 Å². The van der Waals surface area contributed by atoms with E-state index in [0.717, 1.165) is 41.1 Å². The number of anilines is 2. The van der Waals surface area contributed by atoms with Crippen molar-refractivity contribution in [3.63, 3.8) is 0 Å². The number of rotatable bonds is 8. The summed E-state index contributed by atoms with van der Waals surface area (Å²) in [5.74, 6) is 0.636. The monoisotopic (exact) mass is 561 g/mol. The summed E-state index contributed by atoms with van der Waals surface area (Å²) in [4.78, 5) is 9.04. The van der Waals surface area contributed by atoms with Crippen LogP contribution in [0.25, 0.3) is 10.8 Å². The molecular formula is C29H32FN7O2S. The van der Waals surface area contributed by atoms with Gasteiger partial charge in [-0.2, -0.15) is 5.10 Å². The van der Waals surface area contributed by atoms with Crippen LogP contribution < -0.4 is 15.8 Å². The highest BCUT2D eigenvalue weighted by atomic mass is 32.2. The quantitative estimate of drug-likeness (QED) is 0.284. The lowest BCUT2D eigenvalue weighted by atomic mass is 9.99. The molecule has 4 N–H and O–H groups in total. The predicted molar refractivity (Wildman–Crippen MR) is 156 cm³/mol. The molecule has 1 aliphatic carbocycles. The molecular weight excluding hydrogens is 529 g/mol. The van der Waals surface area contributed by atoms with Crippen LogP contribution in [0.4, 0.5) is 15.9 Å². The van der Waals surface area contributed by atoms with Gasteiger partial charge in [-0.05, 0) is 66.6 Å². The molecule has 0 fully saturated rings. The number of aromatic nitrogens is 4. The summed E-state index contributed by atoms with van der Waals surface area (Å²) < 4.78 is 43.8. The SMILES string of the molecule is CCc1ccc(F)c(C(Nc2ccc3c(N)nccc3c2)c2nc(C3CCC=CC=C3NS(C)(=O)=O)nn2C)c1. The smallest absolute Gasteiger partial charge is 0.229 e. The van der Waals surface area contributed by atoms with Crippen molar-refractivity contribution in [2.45, 2.75) is 38.1 Å². The molecule has 9 nitrogen and oxygen atoms in total. The number of halogens is 1. The fourth-order valence-electron chi connectivity index (χ4n) is 4.98. The molecule has 5 rings (SSSR count). The first-order chi connectivity index (χ1) is 19.1. The largest absolute Gasteiger partial charge is 0.383 e. The van der Waals surface area contributed by atoms with E-state index in [9.17, 15) is 8.42 Å². The molecule has 2 unspecified atom stereocenters. The Balaban J connectivity index is 1.60. The molecule has 2 aromatic heterocycles. The van der Waals surface area contributed by atoms with Gasteiger partial charge in [-0.25, -0.2) is 22.8 Å². The van der Waals surface area contributed by atoms with Crippen molar-refractivity contribution in [3.05, 3.63) is 101 Å². The zero-order chi connectivity index (χ0) is 28.4. The summed E-state index contributed by atoms with van der Waals surface area (Å²) in [5.41, 5.74) is 8.70. The summed E-state index contributed by atoms with van der Waals surface area (Å²) in [6, 6.07) is 12.0. The van der Waals surface area contributed by atoms with Crippen LogP contribution in [-0.2, 0) is 23.5 Å². The molecule has 0 radical (unpaired) electrons. The second-order valence-electron chi connectivity index (χ2n) is 9.93. The van der Waals surface area contributed by atoms with E-state index in [-0.39, 0.29) is 11.7 Å². The van der Waals surface area contributed by atoms with Crippen LogP contribution in [0.3, 0.4) is 0 Å². The van der Waals surface area contributed by atoms with Crippen molar-refractivity contribution in [1.82, 2.24) is 24.5 Å². The Morgan fingerprint density at radius 2 is 2.02 bits per heavy atom. The van der Waals surface area contributed by atoms with Crippen LogP contribution in [0.1, 0.15) is 54.5 Å². The molecule has 0 bridgehead atoms. The minimum atomic E-state index is -3.51. The first-order valence-electron chi connectivity index (χ1n) is 13.1. The number of nitrogens with two attached hydrogens (primary N) is 1. The van der Waals surface area contributed by atoms with E-state index in [1.165, 1.54) is 6.07 Å². The summed E-state index contributed by atoms with van der Waals surface area (Å²) in [7, 11) is -1.75. The molecule has 0 aliphatic heterocycles. The molecule has 40 heavy (non-hydrogen) atoms. The van der Waals surface area contributed by atoms with Crippen molar-refractivity contribution in [1.29, 1.82) is 0 Å². The molecule has 2 atom stereocenters. The van der Waals surface area contributed by atoms with Crippen molar-refractivity contribution in [3.8, 4) is 0 Å². The molecule has 208 valence electrons. The van der Waals surface area contributed by atoms with E-state index in [4.69, 9.17) is 15.8 Å². The van der Waals surface area contributed by atoms with E-state index in [1.807, 2.05) is 49.4 Å². The average Bonchev–Trinajstić information content (AvgIpc) is 3.14. The number of fused-ring (bicyclic) bond motifs is 1. The third-order valence-corrected chi connectivity index (χ3v) is 7.59. The van der Waals surface area contributed by atoms with Gasteiger partial charge in [0.15, 0.2) is 11.6 Å². The zero-order valence-corrected chi connectivity index (χ0v) is 23.4. The minimum absolute atomic E-state index is 0.369. The molecule has 0 amide bonds. The van der Waals surface area contributed by atoms with Crippen LogP contribution >= 0.6 is 0 Å². The lowest BCUT2D eigenvalue weighted by Gasteiger charge is -2.21. The van der Waals surface area contributed by atoms with E-state index in [1.54, 1.807) is 30.1 Å². The number of allylic oxidation sites excluding steroid dienone is 4. The zero-order valence-electron chi connectivity index (χ0n) is 22.6. The molecule has 0 saturated heterocycles. The van der Waals surface area contributed by atoms with Crippen LogP contribution in [-0.4, -0.2) is 34.4 Å². The van der Waals surface area contributed by atoms with Gasteiger partial charge >= 0.3 is 0 Å². The molecule has 2 heterocycles. The van der Waals surface area contributed by atoms with Crippen molar-refractivity contribution in [2.75, 3.05) is 17.3 Å². The van der Waals surface area contributed by atoms with E-state index < -0.39 is 16.1 Å². The maximum Gasteiger partial charge on any atom is 0.229 e. The number of hydrogen-bond acceptors (Lipinski definition) is 7. The van der Waals surface area contributed by atoms with Crippen molar-refractivity contribution >= 4 is 32.3 Å². The lowest BCUT2D eigenvalue weighted by molar-refractivity contribution is 0.583. The number of nitrogens with one attached hydrogen (secondary N) is 2. The second kappa shape index (κ2) is 11.1. The van der Waals surface area contributed by atoms with Gasteiger partial charge in [0.25, 0.3) is 0 Å². The number of benzene rings is 2. The summed E-state index contributed by atoms with van der Waals surface area (Å²) in [5, 5.41) is 9.88. The summed E-state index contributed by atoms with van der Waals surface area (Å²) in [6.07, 6.45) is 10.4. The Bertz CT molecular complexity index is 1730. The molecule has 1 aliphatic rings. The van der Waals surface area contributed by atoms with Gasteiger partial charge in [0, 0.05) is 35.6 Å². The molecule has 11 heteroatoms. The average molecular weight is 562 g/mol. The highest BCUT2D eigenvalue weighted by Gasteiger charge is 2.29. The van der Waals surface area contributed by atoms with Crippen molar-refractivity contribution in [2.24, 2.45) is 7.05 Å². The maximum absolute atomic E-state index is 15.4. The lowest BCUT2D eigenvalue weighted by Crippen LogP contribution is -2.25. The standard InChI is InChI=1S/C29H32FN7O2S/c1-4-18-10-13-24(30)23(16-18)26(33-20-11-12-21-19(17-20)14-15-32-27(21)31)29-34-28(35-37(29)2)22-8-6-5-7-9-25(22)36-40(3,38)39/h5,7,9-17,22,26,33,36H,4,6,8H2,1-3H3,(H2,31,32). The van der Waals surface area contributed by atoms with Gasteiger partial charge in [-0.3, -0.25) is 9.40 Å². The Labute approximate surface area is 233 Å². The third-order valence-electron chi connectivity index (χ3n) is 6.98. The first-order valence-corrected chi connectivity index (χ1v) is 15.0. The Morgan fingerprint density at radius 1 is 1.20 bits per heavy atom. The van der Waals surface area contributed by atoms with Crippen LogP contribution in [0.5, 0.6) is 0 Å². The number of nitrogen functional groups attached to an aromatic ring is 1. The van der Waals surface area contributed by atoms with Crippen molar-refractivity contribution < 1.29 is 12.8 Å². The number of aryl methyl sites for hydroxylation is 2. The van der Waals surface area contributed by atoms with Crippen LogP contribution in [0, 0.1) is 5.82 Å². The van der Waals surface area contributed by atoms with Gasteiger partial charge in [-0.15, -0.1) is 0 Å². The van der Waals surface area contributed by atoms with Gasteiger partial charge in [0.1, 0.15) is 17.7 Å². The number of sulfonamides is 1. The van der Waals surface area contributed by atoms with Gasteiger partial charge < -0.3 is 11.1 Å².